The summed E-state index contributed by atoms with van der Waals surface area (Å²) < 4.78 is 1.61. The SMILES string of the molecule is CCC1CCCCN1C(=O)NCc1nc2ncccn2n1. The van der Waals surface area contributed by atoms with E-state index in [4.69, 9.17) is 0 Å². The zero-order valence-corrected chi connectivity index (χ0v) is 12.2. The Morgan fingerprint density at radius 3 is 3.19 bits per heavy atom. The third kappa shape index (κ3) is 2.96. The van der Waals surface area contributed by atoms with Gasteiger partial charge in [-0.2, -0.15) is 4.98 Å². The Morgan fingerprint density at radius 2 is 2.38 bits per heavy atom. The van der Waals surface area contributed by atoms with E-state index in [9.17, 15) is 4.79 Å². The molecule has 1 atom stereocenters. The second-order valence-electron chi connectivity index (χ2n) is 5.30. The number of piperidine rings is 1. The van der Waals surface area contributed by atoms with Crippen LogP contribution in [0.5, 0.6) is 0 Å². The highest BCUT2D eigenvalue weighted by Crippen LogP contribution is 2.19. The van der Waals surface area contributed by atoms with E-state index in [0.29, 0.717) is 24.2 Å². The maximum atomic E-state index is 12.3. The molecule has 0 spiro atoms. The Balaban J connectivity index is 1.62. The average molecular weight is 288 g/mol. The number of fused-ring (bicyclic) bond motifs is 1. The van der Waals surface area contributed by atoms with Gasteiger partial charge in [0.25, 0.3) is 5.78 Å². The number of hydrogen-bond acceptors (Lipinski definition) is 4. The van der Waals surface area contributed by atoms with E-state index in [2.05, 4.69) is 27.3 Å². The second kappa shape index (κ2) is 6.07. The van der Waals surface area contributed by atoms with E-state index < -0.39 is 0 Å². The Morgan fingerprint density at radius 1 is 1.48 bits per heavy atom. The largest absolute Gasteiger partial charge is 0.331 e. The fourth-order valence-electron chi connectivity index (χ4n) is 2.80. The van der Waals surface area contributed by atoms with Gasteiger partial charge >= 0.3 is 6.03 Å². The quantitative estimate of drug-likeness (QED) is 0.930. The summed E-state index contributed by atoms with van der Waals surface area (Å²) in [5.74, 6) is 1.12. The van der Waals surface area contributed by atoms with Crippen LogP contribution in [0.1, 0.15) is 38.4 Å². The number of hydrogen-bond donors (Lipinski definition) is 1. The number of likely N-dealkylation sites (tertiary alicyclic amines) is 1. The van der Waals surface area contributed by atoms with Crippen LogP contribution in [0.15, 0.2) is 18.5 Å². The van der Waals surface area contributed by atoms with Crippen molar-refractivity contribution in [2.24, 2.45) is 0 Å². The summed E-state index contributed by atoms with van der Waals surface area (Å²) >= 11 is 0. The van der Waals surface area contributed by atoms with Crippen molar-refractivity contribution < 1.29 is 4.79 Å². The van der Waals surface area contributed by atoms with Crippen molar-refractivity contribution in [1.29, 1.82) is 0 Å². The standard InChI is InChI=1S/C14H20N6O/c1-2-11-6-3-4-8-19(11)14(21)16-10-12-17-13-15-7-5-9-20(13)18-12/h5,7,9,11H,2-4,6,8,10H2,1H3,(H,16,21). The summed E-state index contributed by atoms with van der Waals surface area (Å²) in [5, 5.41) is 7.19. The smallest absolute Gasteiger partial charge is 0.318 e. The molecule has 112 valence electrons. The fraction of sp³-hybridized carbons (Fsp3) is 0.571. The number of amides is 2. The number of urea groups is 1. The van der Waals surface area contributed by atoms with E-state index >= 15 is 0 Å². The van der Waals surface area contributed by atoms with Gasteiger partial charge in [-0.15, -0.1) is 5.10 Å². The van der Waals surface area contributed by atoms with Crippen LogP contribution in [0.2, 0.25) is 0 Å². The third-order valence-corrected chi connectivity index (χ3v) is 3.92. The van der Waals surface area contributed by atoms with Crippen molar-refractivity contribution in [2.45, 2.75) is 45.2 Å². The molecule has 0 aromatic carbocycles. The molecule has 0 aliphatic carbocycles. The van der Waals surface area contributed by atoms with Crippen LogP contribution in [0.4, 0.5) is 4.79 Å². The molecular formula is C14H20N6O. The van der Waals surface area contributed by atoms with Gasteiger partial charge in [-0.25, -0.2) is 14.3 Å². The van der Waals surface area contributed by atoms with Crippen LogP contribution < -0.4 is 5.32 Å². The predicted octanol–water partition coefficient (Wildman–Crippen LogP) is 1.60. The minimum absolute atomic E-state index is 0.0200. The molecule has 2 aromatic heterocycles. The van der Waals surface area contributed by atoms with Crippen molar-refractivity contribution >= 4 is 11.8 Å². The van der Waals surface area contributed by atoms with Crippen molar-refractivity contribution in [1.82, 2.24) is 29.8 Å². The monoisotopic (exact) mass is 288 g/mol. The van der Waals surface area contributed by atoms with Crippen molar-refractivity contribution in [3.63, 3.8) is 0 Å². The molecule has 3 rings (SSSR count). The number of aromatic nitrogens is 4. The lowest BCUT2D eigenvalue weighted by Crippen LogP contribution is -2.48. The van der Waals surface area contributed by atoms with Gasteiger partial charge < -0.3 is 10.2 Å². The third-order valence-electron chi connectivity index (χ3n) is 3.92. The molecule has 1 unspecified atom stereocenters. The number of nitrogens with zero attached hydrogens (tertiary/aromatic N) is 5. The maximum Gasteiger partial charge on any atom is 0.318 e. The minimum atomic E-state index is -0.0200. The Labute approximate surface area is 123 Å². The molecule has 2 amide bonds. The first-order valence-electron chi connectivity index (χ1n) is 7.48. The van der Waals surface area contributed by atoms with Gasteiger partial charge in [-0.05, 0) is 31.7 Å². The second-order valence-corrected chi connectivity index (χ2v) is 5.30. The Hall–Kier alpha value is -2.18. The lowest BCUT2D eigenvalue weighted by atomic mass is 10.0. The Kier molecular flexibility index (Phi) is 3.98. The zero-order valence-electron chi connectivity index (χ0n) is 12.2. The van der Waals surface area contributed by atoms with E-state index in [1.807, 2.05) is 4.90 Å². The fourth-order valence-corrected chi connectivity index (χ4v) is 2.80. The molecule has 1 aliphatic rings. The van der Waals surface area contributed by atoms with Crippen LogP contribution in [-0.2, 0) is 6.54 Å². The minimum Gasteiger partial charge on any atom is -0.331 e. The molecule has 7 nitrogen and oxygen atoms in total. The summed E-state index contributed by atoms with van der Waals surface area (Å²) in [6.07, 6.45) is 7.86. The molecule has 21 heavy (non-hydrogen) atoms. The van der Waals surface area contributed by atoms with Crippen LogP contribution in [-0.4, -0.2) is 43.1 Å². The maximum absolute atomic E-state index is 12.3. The topological polar surface area (TPSA) is 75.4 Å². The molecule has 7 heteroatoms. The van der Waals surface area contributed by atoms with Crippen LogP contribution in [0, 0.1) is 0 Å². The first-order valence-corrected chi connectivity index (χ1v) is 7.48. The lowest BCUT2D eigenvalue weighted by Gasteiger charge is -2.35. The highest BCUT2D eigenvalue weighted by molar-refractivity contribution is 5.74. The summed E-state index contributed by atoms with van der Waals surface area (Å²) in [6, 6.07) is 2.13. The molecule has 0 saturated carbocycles. The van der Waals surface area contributed by atoms with Gasteiger partial charge in [-0.3, -0.25) is 0 Å². The highest BCUT2D eigenvalue weighted by atomic mass is 16.2. The average Bonchev–Trinajstić information content (AvgIpc) is 2.95. The molecule has 1 N–H and O–H groups in total. The number of carbonyl (C=O) groups excluding carboxylic acids is 1. The lowest BCUT2D eigenvalue weighted by molar-refractivity contribution is 0.148. The van der Waals surface area contributed by atoms with Crippen molar-refractivity contribution in [2.75, 3.05) is 6.54 Å². The van der Waals surface area contributed by atoms with E-state index in [-0.39, 0.29) is 6.03 Å². The van der Waals surface area contributed by atoms with E-state index in [1.54, 1.807) is 23.0 Å². The Bertz CT molecular complexity index is 592. The van der Waals surface area contributed by atoms with Gasteiger partial charge in [0.2, 0.25) is 0 Å². The van der Waals surface area contributed by atoms with Gasteiger partial charge in [0.15, 0.2) is 5.82 Å². The first-order chi connectivity index (χ1) is 10.3. The zero-order chi connectivity index (χ0) is 14.7. The highest BCUT2D eigenvalue weighted by Gasteiger charge is 2.25. The summed E-state index contributed by atoms with van der Waals surface area (Å²) in [4.78, 5) is 22.6. The van der Waals surface area contributed by atoms with Crippen LogP contribution in [0.25, 0.3) is 5.78 Å². The van der Waals surface area contributed by atoms with Gasteiger partial charge in [0.1, 0.15) is 0 Å². The molecule has 1 fully saturated rings. The molecule has 1 aliphatic heterocycles. The van der Waals surface area contributed by atoms with Gasteiger partial charge in [-0.1, -0.05) is 6.92 Å². The first kappa shape index (κ1) is 13.8. The molecule has 1 saturated heterocycles. The van der Waals surface area contributed by atoms with Crippen molar-refractivity contribution in [3.05, 3.63) is 24.3 Å². The van der Waals surface area contributed by atoms with E-state index in [0.717, 1.165) is 25.8 Å². The summed E-state index contributed by atoms with van der Waals surface area (Å²) in [7, 11) is 0. The number of nitrogens with one attached hydrogen (secondary N) is 1. The predicted molar refractivity (Wildman–Crippen MR) is 77.7 cm³/mol. The summed E-state index contributed by atoms with van der Waals surface area (Å²) in [6.45, 7) is 3.30. The molecular weight excluding hydrogens is 268 g/mol. The molecule has 3 heterocycles. The summed E-state index contributed by atoms with van der Waals surface area (Å²) in [5.41, 5.74) is 0. The molecule has 0 radical (unpaired) electrons. The van der Waals surface area contributed by atoms with Gasteiger partial charge in [0.05, 0.1) is 6.54 Å². The molecule has 2 aromatic rings. The number of rotatable bonds is 3. The van der Waals surface area contributed by atoms with Crippen molar-refractivity contribution in [3.8, 4) is 0 Å². The number of carbonyl (C=O) groups is 1. The van der Waals surface area contributed by atoms with Crippen LogP contribution in [0.3, 0.4) is 0 Å². The normalized spacial score (nSPS) is 18.9. The van der Waals surface area contributed by atoms with Gasteiger partial charge in [0, 0.05) is 25.0 Å². The molecule has 0 bridgehead atoms. The van der Waals surface area contributed by atoms with Crippen LogP contribution >= 0.6 is 0 Å². The van der Waals surface area contributed by atoms with E-state index in [1.165, 1.54) is 6.42 Å².